The first-order valence-electron chi connectivity index (χ1n) is 18.1. The Hall–Kier alpha value is -3.26. The minimum Gasteiger partial charge on any atom is -0.358 e. The normalized spacial score (nSPS) is 11.0. The second kappa shape index (κ2) is 16.4. The summed E-state index contributed by atoms with van der Waals surface area (Å²) >= 11 is -2.82. The van der Waals surface area contributed by atoms with Crippen molar-refractivity contribution in [1.82, 2.24) is 0 Å². The van der Waals surface area contributed by atoms with Crippen molar-refractivity contribution in [2.45, 2.75) is 88.0 Å². The summed E-state index contributed by atoms with van der Waals surface area (Å²) in [5.74, 6) is 0. The van der Waals surface area contributed by atoms with Gasteiger partial charge in [-0.25, -0.2) is 0 Å². The monoisotopic (exact) mass is 840 g/mol. The van der Waals surface area contributed by atoms with Crippen LogP contribution in [-0.4, -0.2) is 19.8 Å². The Morgan fingerprint density at radius 3 is 0.673 bits per heavy atom. The molecule has 0 aromatic heterocycles. The molecule has 0 aliphatic carbocycles. The van der Waals surface area contributed by atoms with Crippen LogP contribution in [0.3, 0.4) is 0 Å². The molecule has 6 aromatic rings. The first-order valence-corrected chi connectivity index (χ1v) is 23.8. The number of aryl methyl sites for hydroxylation is 12. The van der Waals surface area contributed by atoms with E-state index < -0.39 is 19.8 Å². The van der Waals surface area contributed by atoms with Crippen LogP contribution >= 0.6 is 0 Å². The Labute approximate surface area is 335 Å². The van der Waals surface area contributed by atoms with Crippen molar-refractivity contribution in [2.75, 3.05) is 0 Å². The molecule has 2 heteroatoms. The van der Waals surface area contributed by atoms with Crippen molar-refractivity contribution in [3.05, 3.63) is 159 Å². The Morgan fingerprint density at radius 1 is 0.327 bits per heavy atom. The van der Waals surface area contributed by atoms with Crippen LogP contribution in [0.5, 0.6) is 0 Å². The van der Waals surface area contributed by atoms with Gasteiger partial charge in [-0.2, -0.15) is 0 Å². The summed E-state index contributed by atoms with van der Waals surface area (Å²) in [5.41, 5.74) is 27.5. The molecule has 6 rings (SSSR count). The summed E-state index contributed by atoms with van der Waals surface area (Å²) in [6.07, 6.45) is 0. The number of rotatable bonds is 6. The van der Waals surface area contributed by atoms with Gasteiger partial charge in [0.1, 0.15) is 0 Å². The van der Waals surface area contributed by atoms with Crippen LogP contribution in [0.15, 0.2) is 84.9 Å². The van der Waals surface area contributed by atoms with Gasteiger partial charge in [-0.15, -0.1) is 0 Å². The molecule has 0 spiro atoms. The van der Waals surface area contributed by atoms with Gasteiger partial charge in [-0.1, -0.05) is 0 Å². The van der Waals surface area contributed by atoms with E-state index in [1.54, 1.807) is 7.16 Å². The summed E-state index contributed by atoms with van der Waals surface area (Å²) in [6.45, 7) is 27.4. The number of benzene rings is 6. The zero-order valence-corrected chi connectivity index (χ0v) is 40.1. The molecule has 0 N–H and O–H groups in total. The van der Waals surface area contributed by atoms with Crippen molar-refractivity contribution in [1.29, 1.82) is 0 Å². The minimum absolute atomic E-state index is 0. The summed E-state index contributed by atoms with van der Waals surface area (Å²) in [4.78, 5) is 2.67. The predicted molar refractivity (Wildman–Crippen MR) is 229 cm³/mol. The Bertz CT molecular complexity index is 1900. The van der Waals surface area contributed by atoms with Gasteiger partial charge in [-0.05, 0) is 0 Å². The van der Waals surface area contributed by atoms with E-state index in [0.29, 0.717) is 0 Å². The van der Waals surface area contributed by atoms with Crippen molar-refractivity contribution >= 4 is 26.9 Å². The van der Waals surface area contributed by atoms with Crippen LogP contribution in [0.1, 0.15) is 66.8 Å². The zero-order chi connectivity index (χ0) is 36.2. The molecular weight excluding hydrogens is 785 g/mol. The van der Waals surface area contributed by atoms with Crippen LogP contribution < -0.4 is 7.16 Å². The average molecular weight is 841 g/mol. The molecule has 0 aliphatic heterocycles. The molecule has 263 valence electrons. The third-order valence-corrected chi connectivity index (χ3v) is 18.0. The molecule has 0 amide bonds. The zero-order valence-electron chi connectivity index (χ0n) is 34.3. The van der Waals surface area contributed by atoms with Crippen molar-refractivity contribution in [3.8, 4) is 44.5 Å². The van der Waals surface area contributed by atoms with Gasteiger partial charge in [-0.3, -0.25) is 0 Å². The van der Waals surface area contributed by atoms with E-state index in [9.17, 15) is 0 Å². The third kappa shape index (κ3) is 7.69. The van der Waals surface area contributed by atoms with Crippen LogP contribution in [-0.2, 0) is 19.5 Å². The standard InChI is InChI=1S/2C24H25.2CH3.Sn.Zn/c2*1-15-10-17(3)23(18(4)11-15)21-8-7-9-22(14-21)24-19(5)12-16(2)13-20(24)6;;;;/h2*7-13H,1-6H3;2*1H3;;/q;;;-1;;. The van der Waals surface area contributed by atoms with E-state index >= 15 is 0 Å². The molecule has 1 radical (unpaired) electrons. The average Bonchev–Trinajstić information content (AvgIpc) is 2.99. The smallest absolute Gasteiger partial charge is 0 e. The topological polar surface area (TPSA) is 0 Å². The van der Waals surface area contributed by atoms with E-state index in [-0.39, 0.29) is 26.9 Å². The Morgan fingerprint density at radius 2 is 0.500 bits per heavy atom. The molecule has 0 atom stereocenters. The summed E-state index contributed by atoms with van der Waals surface area (Å²) in [6, 6.07) is 33.3. The molecule has 0 saturated carbocycles. The van der Waals surface area contributed by atoms with E-state index in [4.69, 9.17) is 0 Å². The molecular formula is C50H56SnZn-. The van der Waals surface area contributed by atoms with Gasteiger partial charge in [0.25, 0.3) is 0 Å². The van der Waals surface area contributed by atoms with Gasteiger partial charge < -0.3 is 7.43 Å². The molecule has 0 heterocycles. The fourth-order valence-corrected chi connectivity index (χ4v) is 17.0. The van der Waals surface area contributed by atoms with E-state index in [1.165, 1.54) is 111 Å². The third-order valence-electron chi connectivity index (χ3n) is 10.7. The fraction of sp³-hybridized carbons (Fsp3) is 0.260. The molecule has 52 heavy (non-hydrogen) atoms. The van der Waals surface area contributed by atoms with E-state index in [0.717, 1.165) is 0 Å². The molecule has 0 aliphatic rings. The quantitative estimate of drug-likeness (QED) is 0.116. The second-order valence-corrected chi connectivity index (χ2v) is 21.6. The first kappa shape index (κ1) is 41.5. The summed E-state index contributed by atoms with van der Waals surface area (Å²) < 4.78 is 3.19. The van der Waals surface area contributed by atoms with E-state index in [2.05, 4.69) is 173 Å². The van der Waals surface area contributed by atoms with Crippen molar-refractivity contribution in [3.63, 3.8) is 0 Å². The largest absolute Gasteiger partial charge is 0.358 e. The number of hydrogen-bond acceptors (Lipinski definition) is 0. The molecule has 0 saturated heterocycles. The van der Waals surface area contributed by atoms with Gasteiger partial charge in [0, 0.05) is 19.5 Å². The van der Waals surface area contributed by atoms with Crippen molar-refractivity contribution < 1.29 is 19.5 Å². The SMILES string of the molecule is Cc1cc(C)c(-c2cccc(-c3c(C)cc(C)cc3C)[c]2[Sn]([CH3])[c]2c(-c3c(C)cc(C)cc3C)cccc2-c2c(C)cc(C)cc2C)c(C)c1.[CH3-].[Zn]. The van der Waals surface area contributed by atoms with Crippen LogP contribution in [0.2, 0.25) is 4.94 Å². The first-order chi connectivity index (χ1) is 23.7. The van der Waals surface area contributed by atoms with Gasteiger partial charge in [0.15, 0.2) is 0 Å². The molecule has 0 fully saturated rings. The van der Waals surface area contributed by atoms with Crippen LogP contribution in [0.25, 0.3) is 44.5 Å². The molecule has 0 nitrogen and oxygen atoms in total. The second-order valence-electron chi connectivity index (χ2n) is 15.2. The van der Waals surface area contributed by atoms with Crippen LogP contribution in [0.4, 0.5) is 0 Å². The van der Waals surface area contributed by atoms with Crippen LogP contribution in [0, 0.1) is 90.5 Å². The molecule has 6 aromatic carbocycles. The van der Waals surface area contributed by atoms with Gasteiger partial charge >= 0.3 is 311 Å². The maximum absolute atomic E-state index is 2.82. The van der Waals surface area contributed by atoms with E-state index in [1.807, 2.05) is 0 Å². The molecule has 0 unspecified atom stereocenters. The summed E-state index contributed by atoms with van der Waals surface area (Å²) in [7, 11) is 0. The minimum atomic E-state index is -2.82. The fourth-order valence-electron chi connectivity index (χ4n) is 9.29. The maximum atomic E-state index is 2.67. The Balaban J connectivity index is 0.00000302. The number of hydrogen-bond donors (Lipinski definition) is 0. The summed E-state index contributed by atoms with van der Waals surface area (Å²) in [5, 5.41) is 0. The van der Waals surface area contributed by atoms with Crippen molar-refractivity contribution in [2.24, 2.45) is 0 Å². The maximum Gasteiger partial charge on any atom is 0 e. The Kier molecular flexibility index (Phi) is 13.1. The van der Waals surface area contributed by atoms with Gasteiger partial charge in [0.05, 0.1) is 0 Å². The predicted octanol–water partition coefficient (Wildman–Crippen LogP) is 12.7. The molecule has 0 bridgehead atoms. The van der Waals surface area contributed by atoms with Gasteiger partial charge in [0.2, 0.25) is 0 Å².